The first-order chi connectivity index (χ1) is 11.7. The zero-order chi connectivity index (χ0) is 16.6. The summed E-state index contributed by atoms with van der Waals surface area (Å²) < 4.78 is 0. The minimum Gasteiger partial charge on any atom is -0.336 e. The van der Waals surface area contributed by atoms with Crippen molar-refractivity contribution in [2.75, 3.05) is 20.1 Å². The van der Waals surface area contributed by atoms with Crippen LogP contribution < -0.4 is 0 Å². The molecule has 2 heterocycles. The molecule has 0 radical (unpaired) electrons. The van der Waals surface area contributed by atoms with Gasteiger partial charge in [0, 0.05) is 24.5 Å². The lowest BCUT2D eigenvalue weighted by Gasteiger charge is -2.47. The molecular weight excluding hydrogens is 296 g/mol. The molecule has 1 aromatic carbocycles. The summed E-state index contributed by atoms with van der Waals surface area (Å²) in [6.07, 6.45) is 9.53. The van der Waals surface area contributed by atoms with Gasteiger partial charge in [-0.05, 0) is 56.8 Å². The summed E-state index contributed by atoms with van der Waals surface area (Å²) in [6, 6.07) is 8.79. The number of hydrogen-bond donors (Lipinski definition) is 0. The van der Waals surface area contributed by atoms with Crippen molar-refractivity contribution in [3.8, 4) is 0 Å². The first kappa shape index (κ1) is 16.1. The molecule has 1 unspecified atom stereocenters. The van der Waals surface area contributed by atoms with E-state index >= 15 is 0 Å². The van der Waals surface area contributed by atoms with E-state index in [2.05, 4.69) is 41.1 Å². The maximum atomic E-state index is 13.2. The Bertz CT molecular complexity index is 608. The average Bonchev–Trinajstić information content (AvgIpc) is 3.07. The molecule has 1 aliphatic carbocycles. The van der Waals surface area contributed by atoms with Crippen LogP contribution in [0.5, 0.6) is 0 Å². The fraction of sp³-hybridized carbons (Fsp3) is 0.667. The molecule has 0 bridgehead atoms. The Balaban J connectivity index is 1.68. The Morgan fingerprint density at radius 3 is 2.58 bits per heavy atom. The molecule has 1 aromatic rings. The van der Waals surface area contributed by atoms with Gasteiger partial charge in [-0.2, -0.15) is 0 Å². The lowest BCUT2D eigenvalue weighted by Crippen LogP contribution is -2.58. The highest BCUT2D eigenvalue weighted by Crippen LogP contribution is 2.37. The summed E-state index contributed by atoms with van der Waals surface area (Å²) >= 11 is 0. The van der Waals surface area contributed by atoms with E-state index < -0.39 is 0 Å². The first-order valence-electron chi connectivity index (χ1n) is 9.75. The fourth-order valence-corrected chi connectivity index (χ4v) is 5.15. The van der Waals surface area contributed by atoms with E-state index in [1.807, 2.05) is 0 Å². The van der Waals surface area contributed by atoms with Crippen LogP contribution in [0.2, 0.25) is 0 Å². The number of piperidine rings is 1. The minimum atomic E-state index is 0.138. The molecule has 1 saturated heterocycles. The number of likely N-dealkylation sites (tertiary alicyclic amines) is 1. The Morgan fingerprint density at radius 2 is 1.83 bits per heavy atom. The SMILES string of the molecule is CN1CCCCC12Cc1ccccc1CN(C(=O)C1CCCC1)C2. The molecule has 0 N–H and O–H groups in total. The van der Waals surface area contributed by atoms with Crippen LogP contribution in [0.25, 0.3) is 0 Å². The van der Waals surface area contributed by atoms with E-state index in [4.69, 9.17) is 0 Å². The number of hydrogen-bond acceptors (Lipinski definition) is 2. The highest BCUT2D eigenvalue weighted by Gasteiger charge is 2.42. The molecule has 2 aliphatic heterocycles. The molecule has 24 heavy (non-hydrogen) atoms. The van der Waals surface area contributed by atoms with E-state index in [9.17, 15) is 4.79 Å². The topological polar surface area (TPSA) is 23.6 Å². The molecule has 2 fully saturated rings. The molecule has 1 spiro atoms. The van der Waals surface area contributed by atoms with Crippen molar-refractivity contribution in [3.63, 3.8) is 0 Å². The molecule has 3 aliphatic rings. The maximum absolute atomic E-state index is 13.2. The van der Waals surface area contributed by atoms with E-state index in [-0.39, 0.29) is 11.5 Å². The van der Waals surface area contributed by atoms with Crippen molar-refractivity contribution in [1.29, 1.82) is 0 Å². The predicted octanol–water partition coefficient (Wildman–Crippen LogP) is 3.62. The van der Waals surface area contributed by atoms with Gasteiger partial charge in [0.25, 0.3) is 0 Å². The molecule has 1 amide bonds. The number of likely N-dealkylation sites (N-methyl/N-ethyl adjacent to an activating group) is 1. The van der Waals surface area contributed by atoms with Crippen LogP contribution in [-0.4, -0.2) is 41.4 Å². The van der Waals surface area contributed by atoms with Gasteiger partial charge in [0.05, 0.1) is 0 Å². The first-order valence-corrected chi connectivity index (χ1v) is 9.75. The minimum absolute atomic E-state index is 0.138. The molecule has 1 saturated carbocycles. The van der Waals surface area contributed by atoms with Gasteiger partial charge >= 0.3 is 0 Å². The second-order valence-electron chi connectivity index (χ2n) is 8.22. The van der Waals surface area contributed by atoms with Gasteiger partial charge in [0.1, 0.15) is 0 Å². The number of rotatable bonds is 1. The van der Waals surface area contributed by atoms with Gasteiger partial charge in [-0.1, -0.05) is 43.5 Å². The van der Waals surface area contributed by atoms with Gasteiger partial charge in [-0.3, -0.25) is 9.69 Å². The summed E-state index contributed by atoms with van der Waals surface area (Å²) in [6.45, 7) is 2.88. The second kappa shape index (κ2) is 6.51. The Hall–Kier alpha value is -1.35. The predicted molar refractivity (Wildman–Crippen MR) is 96.7 cm³/mol. The number of nitrogens with zero attached hydrogens (tertiary/aromatic N) is 2. The van der Waals surface area contributed by atoms with Crippen molar-refractivity contribution in [1.82, 2.24) is 9.80 Å². The van der Waals surface area contributed by atoms with Gasteiger partial charge < -0.3 is 4.90 Å². The number of amides is 1. The van der Waals surface area contributed by atoms with Crippen LogP contribution in [0.1, 0.15) is 56.1 Å². The largest absolute Gasteiger partial charge is 0.336 e. The molecule has 4 rings (SSSR count). The smallest absolute Gasteiger partial charge is 0.226 e. The Kier molecular flexibility index (Phi) is 4.38. The molecular formula is C21H30N2O. The van der Waals surface area contributed by atoms with Gasteiger partial charge in [0.2, 0.25) is 5.91 Å². The van der Waals surface area contributed by atoms with Crippen molar-refractivity contribution in [2.45, 2.75) is 63.5 Å². The monoisotopic (exact) mass is 326 g/mol. The van der Waals surface area contributed by atoms with Gasteiger partial charge in [0.15, 0.2) is 0 Å². The van der Waals surface area contributed by atoms with Crippen molar-refractivity contribution < 1.29 is 4.79 Å². The number of carbonyl (C=O) groups is 1. The van der Waals surface area contributed by atoms with E-state index in [0.29, 0.717) is 5.91 Å². The number of fused-ring (bicyclic) bond motifs is 1. The lowest BCUT2D eigenvalue weighted by molar-refractivity contribution is -0.138. The van der Waals surface area contributed by atoms with E-state index in [1.165, 1.54) is 43.2 Å². The van der Waals surface area contributed by atoms with Crippen LogP contribution in [0.4, 0.5) is 0 Å². The zero-order valence-electron chi connectivity index (χ0n) is 15.0. The molecule has 3 heteroatoms. The Morgan fingerprint density at radius 1 is 1.08 bits per heavy atom. The summed E-state index contributed by atoms with van der Waals surface area (Å²) in [7, 11) is 2.27. The normalized spacial score (nSPS) is 28.8. The third kappa shape index (κ3) is 2.88. The van der Waals surface area contributed by atoms with Crippen LogP contribution in [-0.2, 0) is 17.8 Å². The van der Waals surface area contributed by atoms with Crippen molar-refractivity contribution >= 4 is 5.91 Å². The molecule has 1 atom stereocenters. The number of carbonyl (C=O) groups excluding carboxylic acids is 1. The Labute approximate surface area is 146 Å². The van der Waals surface area contributed by atoms with Crippen molar-refractivity contribution in [2.24, 2.45) is 5.92 Å². The summed E-state index contributed by atoms with van der Waals surface area (Å²) in [4.78, 5) is 18.0. The quantitative estimate of drug-likeness (QED) is 0.787. The maximum Gasteiger partial charge on any atom is 0.226 e. The van der Waals surface area contributed by atoms with Crippen LogP contribution >= 0.6 is 0 Å². The summed E-state index contributed by atoms with van der Waals surface area (Å²) in [5.74, 6) is 0.698. The molecule has 0 aromatic heterocycles. The molecule has 3 nitrogen and oxygen atoms in total. The van der Waals surface area contributed by atoms with Gasteiger partial charge in [-0.15, -0.1) is 0 Å². The highest BCUT2D eigenvalue weighted by atomic mass is 16.2. The summed E-state index contributed by atoms with van der Waals surface area (Å²) in [5, 5.41) is 0. The highest BCUT2D eigenvalue weighted by molar-refractivity contribution is 5.79. The summed E-state index contributed by atoms with van der Waals surface area (Å²) in [5.41, 5.74) is 2.95. The van der Waals surface area contributed by atoms with E-state index in [0.717, 1.165) is 38.9 Å². The second-order valence-corrected chi connectivity index (χ2v) is 8.22. The fourth-order valence-electron chi connectivity index (χ4n) is 5.15. The lowest BCUT2D eigenvalue weighted by atomic mass is 9.81. The van der Waals surface area contributed by atoms with Crippen LogP contribution in [0, 0.1) is 5.92 Å². The van der Waals surface area contributed by atoms with E-state index in [1.54, 1.807) is 0 Å². The standard InChI is InChI=1S/C21H30N2O/c1-22-13-7-6-12-21(22)14-18-10-4-5-11-19(18)15-23(16-21)20(24)17-8-2-3-9-17/h4-5,10-11,17H,2-3,6-9,12-16H2,1H3. The zero-order valence-corrected chi connectivity index (χ0v) is 15.0. The average molecular weight is 326 g/mol. The van der Waals surface area contributed by atoms with Gasteiger partial charge in [-0.25, -0.2) is 0 Å². The number of benzene rings is 1. The molecule has 130 valence electrons. The third-order valence-corrected chi connectivity index (χ3v) is 6.70. The van der Waals surface area contributed by atoms with Crippen LogP contribution in [0.3, 0.4) is 0 Å². The van der Waals surface area contributed by atoms with Crippen LogP contribution in [0.15, 0.2) is 24.3 Å². The third-order valence-electron chi connectivity index (χ3n) is 6.70. The van der Waals surface area contributed by atoms with Crippen molar-refractivity contribution in [3.05, 3.63) is 35.4 Å².